The standard InChI is InChI=1S/C15H26N2O/c1-4-11-17(5-2)15-9-7-6-8-14(15)13-16-10-12-18-3/h6-9,16H,4-5,10-13H2,1-3H3. The van der Waals surface area contributed by atoms with Crippen molar-refractivity contribution < 1.29 is 4.74 Å². The van der Waals surface area contributed by atoms with Crippen molar-refractivity contribution in [1.82, 2.24) is 5.32 Å². The minimum absolute atomic E-state index is 0.759. The van der Waals surface area contributed by atoms with Gasteiger partial charge in [0, 0.05) is 39.0 Å². The van der Waals surface area contributed by atoms with Crippen LogP contribution in [0.5, 0.6) is 0 Å². The number of hydrogen-bond acceptors (Lipinski definition) is 3. The molecule has 0 amide bonds. The first-order chi connectivity index (χ1) is 8.83. The maximum Gasteiger partial charge on any atom is 0.0587 e. The highest BCUT2D eigenvalue weighted by molar-refractivity contribution is 5.53. The molecular formula is C15H26N2O. The molecule has 0 bridgehead atoms. The van der Waals surface area contributed by atoms with E-state index in [1.54, 1.807) is 7.11 Å². The van der Waals surface area contributed by atoms with Gasteiger partial charge >= 0.3 is 0 Å². The van der Waals surface area contributed by atoms with Crippen molar-refractivity contribution in [3.8, 4) is 0 Å². The summed E-state index contributed by atoms with van der Waals surface area (Å²) in [4.78, 5) is 2.44. The lowest BCUT2D eigenvalue weighted by Crippen LogP contribution is -2.26. The van der Waals surface area contributed by atoms with Crippen molar-refractivity contribution in [2.45, 2.75) is 26.8 Å². The van der Waals surface area contributed by atoms with Crippen molar-refractivity contribution in [2.75, 3.05) is 38.3 Å². The van der Waals surface area contributed by atoms with E-state index in [1.807, 2.05) is 0 Å². The minimum atomic E-state index is 0.759. The summed E-state index contributed by atoms with van der Waals surface area (Å²) in [6, 6.07) is 8.64. The second-order valence-corrected chi connectivity index (χ2v) is 4.38. The molecule has 0 aliphatic carbocycles. The van der Waals surface area contributed by atoms with Gasteiger partial charge in [-0.15, -0.1) is 0 Å². The third-order valence-corrected chi connectivity index (χ3v) is 3.01. The number of benzene rings is 1. The molecule has 0 atom stereocenters. The number of anilines is 1. The van der Waals surface area contributed by atoms with Gasteiger partial charge in [0.1, 0.15) is 0 Å². The van der Waals surface area contributed by atoms with Crippen LogP contribution in [0.2, 0.25) is 0 Å². The number of ether oxygens (including phenoxy) is 1. The largest absolute Gasteiger partial charge is 0.383 e. The highest BCUT2D eigenvalue weighted by atomic mass is 16.5. The molecule has 0 saturated carbocycles. The van der Waals surface area contributed by atoms with Crippen molar-refractivity contribution in [1.29, 1.82) is 0 Å². The predicted octanol–water partition coefficient (Wildman–Crippen LogP) is 2.66. The summed E-state index contributed by atoms with van der Waals surface area (Å²) in [5.74, 6) is 0. The third-order valence-electron chi connectivity index (χ3n) is 3.01. The monoisotopic (exact) mass is 250 g/mol. The fraction of sp³-hybridized carbons (Fsp3) is 0.600. The van der Waals surface area contributed by atoms with E-state index in [-0.39, 0.29) is 0 Å². The van der Waals surface area contributed by atoms with Crippen LogP contribution in [0.15, 0.2) is 24.3 Å². The average molecular weight is 250 g/mol. The summed E-state index contributed by atoms with van der Waals surface area (Å²) >= 11 is 0. The first-order valence-corrected chi connectivity index (χ1v) is 6.86. The van der Waals surface area contributed by atoms with Gasteiger partial charge in [0.2, 0.25) is 0 Å². The van der Waals surface area contributed by atoms with Crippen LogP contribution in [0.1, 0.15) is 25.8 Å². The Morgan fingerprint density at radius 2 is 2.00 bits per heavy atom. The lowest BCUT2D eigenvalue weighted by molar-refractivity contribution is 0.199. The number of para-hydroxylation sites is 1. The van der Waals surface area contributed by atoms with Crippen molar-refractivity contribution in [3.63, 3.8) is 0 Å². The van der Waals surface area contributed by atoms with Gasteiger partial charge < -0.3 is 15.0 Å². The van der Waals surface area contributed by atoms with Crippen LogP contribution < -0.4 is 10.2 Å². The van der Waals surface area contributed by atoms with Gasteiger partial charge in [0.05, 0.1) is 6.61 Å². The van der Waals surface area contributed by atoms with Crippen molar-refractivity contribution >= 4 is 5.69 Å². The van der Waals surface area contributed by atoms with Gasteiger partial charge in [0.15, 0.2) is 0 Å². The van der Waals surface area contributed by atoms with Crippen LogP contribution in [-0.2, 0) is 11.3 Å². The topological polar surface area (TPSA) is 24.5 Å². The molecule has 3 nitrogen and oxygen atoms in total. The number of nitrogens with zero attached hydrogens (tertiary/aromatic N) is 1. The molecule has 0 unspecified atom stereocenters. The molecule has 0 heterocycles. The quantitative estimate of drug-likeness (QED) is 0.682. The van der Waals surface area contributed by atoms with Crippen LogP contribution in [0.3, 0.4) is 0 Å². The molecule has 0 aromatic heterocycles. The van der Waals surface area contributed by atoms with Crippen LogP contribution in [0.25, 0.3) is 0 Å². The highest BCUT2D eigenvalue weighted by Gasteiger charge is 2.07. The Labute approximate surface area is 111 Å². The molecule has 1 aromatic rings. The Bertz CT molecular complexity index is 328. The molecule has 0 fully saturated rings. The SMILES string of the molecule is CCCN(CC)c1ccccc1CNCCOC. The van der Waals surface area contributed by atoms with Crippen LogP contribution in [-0.4, -0.2) is 33.4 Å². The van der Waals surface area contributed by atoms with E-state index < -0.39 is 0 Å². The zero-order valence-corrected chi connectivity index (χ0v) is 11.9. The van der Waals surface area contributed by atoms with Crippen molar-refractivity contribution in [3.05, 3.63) is 29.8 Å². The van der Waals surface area contributed by atoms with Gasteiger partial charge in [-0.1, -0.05) is 25.1 Å². The molecule has 1 aromatic carbocycles. The molecule has 18 heavy (non-hydrogen) atoms. The van der Waals surface area contributed by atoms with Crippen LogP contribution >= 0.6 is 0 Å². The summed E-state index contributed by atoms with van der Waals surface area (Å²) in [6.07, 6.45) is 1.18. The molecule has 0 aliphatic rings. The summed E-state index contributed by atoms with van der Waals surface area (Å²) in [5.41, 5.74) is 2.72. The van der Waals surface area contributed by atoms with E-state index in [9.17, 15) is 0 Å². The van der Waals surface area contributed by atoms with Gasteiger partial charge in [-0.3, -0.25) is 0 Å². The maximum absolute atomic E-state index is 5.04. The molecule has 1 rings (SSSR count). The maximum atomic E-state index is 5.04. The van der Waals surface area contributed by atoms with Gasteiger partial charge in [-0.25, -0.2) is 0 Å². The first kappa shape index (κ1) is 15.0. The fourth-order valence-electron chi connectivity index (χ4n) is 2.08. The Hall–Kier alpha value is -1.06. The molecule has 3 heteroatoms. The Morgan fingerprint density at radius 3 is 2.67 bits per heavy atom. The molecule has 0 radical (unpaired) electrons. The van der Waals surface area contributed by atoms with Gasteiger partial charge in [-0.05, 0) is 25.0 Å². The minimum Gasteiger partial charge on any atom is -0.383 e. The number of methoxy groups -OCH3 is 1. The first-order valence-electron chi connectivity index (χ1n) is 6.86. The third kappa shape index (κ3) is 4.67. The van der Waals surface area contributed by atoms with Gasteiger partial charge in [0.25, 0.3) is 0 Å². The molecule has 0 spiro atoms. The molecule has 102 valence electrons. The molecule has 0 aliphatic heterocycles. The van der Waals surface area contributed by atoms with Crippen LogP contribution in [0.4, 0.5) is 5.69 Å². The smallest absolute Gasteiger partial charge is 0.0587 e. The van der Waals surface area contributed by atoms with E-state index >= 15 is 0 Å². The second-order valence-electron chi connectivity index (χ2n) is 4.38. The van der Waals surface area contributed by atoms with Crippen molar-refractivity contribution in [2.24, 2.45) is 0 Å². The Kier molecular flexibility index (Phi) is 7.46. The van der Waals surface area contributed by atoms with E-state index in [0.29, 0.717) is 0 Å². The Morgan fingerprint density at radius 1 is 1.22 bits per heavy atom. The summed E-state index contributed by atoms with van der Waals surface area (Å²) in [6.45, 7) is 9.17. The summed E-state index contributed by atoms with van der Waals surface area (Å²) < 4.78 is 5.04. The summed E-state index contributed by atoms with van der Waals surface area (Å²) in [5, 5.41) is 3.41. The molecule has 0 saturated heterocycles. The number of hydrogen-bond donors (Lipinski definition) is 1. The lowest BCUT2D eigenvalue weighted by atomic mass is 10.1. The molecular weight excluding hydrogens is 224 g/mol. The predicted molar refractivity (Wildman–Crippen MR) is 78.2 cm³/mol. The zero-order valence-electron chi connectivity index (χ0n) is 11.9. The zero-order chi connectivity index (χ0) is 13.2. The van der Waals surface area contributed by atoms with Gasteiger partial charge in [-0.2, -0.15) is 0 Å². The molecule has 1 N–H and O–H groups in total. The highest BCUT2D eigenvalue weighted by Crippen LogP contribution is 2.20. The lowest BCUT2D eigenvalue weighted by Gasteiger charge is -2.25. The summed E-state index contributed by atoms with van der Waals surface area (Å²) in [7, 11) is 1.73. The number of rotatable bonds is 9. The Balaban J connectivity index is 2.65. The van der Waals surface area contributed by atoms with E-state index in [2.05, 4.69) is 48.3 Å². The van der Waals surface area contributed by atoms with Crippen LogP contribution in [0, 0.1) is 0 Å². The second kappa shape index (κ2) is 8.95. The van der Waals surface area contributed by atoms with E-state index in [4.69, 9.17) is 4.74 Å². The number of nitrogens with one attached hydrogen (secondary N) is 1. The normalized spacial score (nSPS) is 10.6. The van der Waals surface area contributed by atoms with E-state index in [1.165, 1.54) is 17.7 Å². The average Bonchev–Trinajstić information content (AvgIpc) is 2.42. The fourth-order valence-corrected chi connectivity index (χ4v) is 2.08. The van der Waals surface area contributed by atoms with E-state index in [0.717, 1.165) is 32.8 Å².